The Kier molecular flexibility index (Phi) is 4.37. The van der Waals surface area contributed by atoms with Crippen molar-refractivity contribution >= 4 is 5.91 Å². The van der Waals surface area contributed by atoms with Gasteiger partial charge >= 0.3 is 0 Å². The summed E-state index contributed by atoms with van der Waals surface area (Å²) in [6.45, 7) is 3.70. The number of carbonyl (C=O) groups excluding carboxylic acids is 1. The second-order valence-electron chi connectivity index (χ2n) is 4.98. The van der Waals surface area contributed by atoms with Gasteiger partial charge in [0.25, 0.3) is 0 Å². The van der Waals surface area contributed by atoms with Crippen LogP contribution in [0.25, 0.3) is 0 Å². The van der Waals surface area contributed by atoms with Crippen LogP contribution in [0, 0.1) is 5.92 Å². The molecule has 1 aliphatic heterocycles. The van der Waals surface area contributed by atoms with Crippen LogP contribution in [0.5, 0.6) is 0 Å². The molecule has 3 heteroatoms. The molecule has 0 bridgehead atoms. The lowest BCUT2D eigenvalue weighted by Gasteiger charge is -2.25. The molecule has 1 aromatic carbocycles. The number of benzene rings is 1. The minimum atomic E-state index is 0.172. The van der Waals surface area contributed by atoms with Crippen LogP contribution in [0.2, 0.25) is 0 Å². The lowest BCUT2D eigenvalue weighted by molar-refractivity contribution is -0.129. The van der Waals surface area contributed by atoms with Crippen molar-refractivity contribution in [2.45, 2.75) is 25.8 Å². The second kappa shape index (κ2) is 6.01. The molecule has 0 aromatic heterocycles. The van der Waals surface area contributed by atoms with Gasteiger partial charge in [-0.2, -0.15) is 0 Å². The number of hydrogen-bond acceptors (Lipinski definition) is 2. The second-order valence-corrected chi connectivity index (χ2v) is 4.98. The third-order valence-electron chi connectivity index (χ3n) is 3.72. The SMILES string of the molecule is COCCC1CC(=O)N(C(C)c2ccccc2)C1. The highest BCUT2D eigenvalue weighted by atomic mass is 16.5. The molecule has 1 heterocycles. The lowest BCUT2D eigenvalue weighted by atomic mass is 10.1. The van der Waals surface area contributed by atoms with E-state index in [1.165, 1.54) is 5.56 Å². The first kappa shape index (κ1) is 13.1. The van der Waals surface area contributed by atoms with Gasteiger partial charge in [0.05, 0.1) is 6.04 Å². The largest absolute Gasteiger partial charge is 0.385 e. The summed E-state index contributed by atoms with van der Waals surface area (Å²) in [6, 6.07) is 10.4. The maximum absolute atomic E-state index is 12.0. The van der Waals surface area contributed by atoms with Crippen molar-refractivity contribution in [3.63, 3.8) is 0 Å². The van der Waals surface area contributed by atoms with Crippen LogP contribution in [0.1, 0.15) is 31.4 Å². The maximum atomic E-state index is 12.0. The van der Waals surface area contributed by atoms with Crippen molar-refractivity contribution in [2.75, 3.05) is 20.3 Å². The highest BCUT2D eigenvalue weighted by molar-refractivity contribution is 5.79. The summed E-state index contributed by atoms with van der Waals surface area (Å²) in [6.07, 6.45) is 1.64. The Labute approximate surface area is 109 Å². The average molecular weight is 247 g/mol. The molecular weight excluding hydrogens is 226 g/mol. The summed E-state index contributed by atoms with van der Waals surface area (Å²) in [5.74, 6) is 0.719. The van der Waals surface area contributed by atoms with Gasteiger partial charge in [-0.05, 0) is 24.8 Å². The number of carbonyl (C=O) groups is 1. The fourth-order valence-electron chi connectivity index (χ4n) is 2.57. The molecule has 0 radical (unpaired) electrons. The van der Waals surface area contributed by atoms with Crippen molar-refractivity contribution in [1.29, 1.82) is 0 Å². The standard InChI is InChI=1S/C15H21NO2/c1-12(14-6-4-3-5-7-14)16-11-13(8-9-18-2)10-15(16)17/h3-7,12-13H,8-11H2,1-2H3. The van der Waals surface area contributed by atoms with Gasteiger partial charge < -0.3 is 9.64 Å². The highest BCUT2D eigenvalue weighted by Crippen LogP contribution is 2.29. The Morgan fingerprint density at radius 3 is 2.78 bits per heavy atom. The van der Waals surface area contributed by atoms with Crippen molar-refractivity contribution in [3.05, 3.63) is 35.9 Å². The molecule has 1 saturated heterocycles. The molecule has 2 unspecified atom stereocenters. The maximum Gasteiger partial charge on any atom is 0.223 e. The van der Waals surface area contributed by atoms with Crippen molar-refractivity contribution < 1.29 is 9.53 Å². The number of ether oxygens (including phenoxy) is 1. The molecule has 18 heavy (non-hydrogen) atoms. The Morgan fingerprint density at radius 2 is 2.11 bits per heavy atom. The molecule has 1 fully saturated rings. The van der Waals surface area contributed by atoms with Gasteiger partial charge in [-0.1, -0.05) is 30.3 Å². The normalized spacial score (nSPS) is 21.3. The summed E-state index contributed by atoms with van der Waals surface area (Å²) in [4.78, 5) is 14.0. The van der Waals surface area contributed by atoms with Gasteiger partial charge in [-0.25, -0.2) is 0 Å². The molecular formula is C15H21NO2. The lowest BCUT2D eigenvalue weighted by Crippen LogP contribution is -2.28. The molecule has 1 aliphatic rings. The van der Waals surface area contributed by atoms with Crippen LogP contribution >= 0.6 is 0 Å². The van der Waals surface area contributed by atoms with Crippen LogP contribution in [0.3, 0.4) is 0 Å². The minimum Gasteiger partial charge on any atom is -0.385 e. The quantitative estimate of drug-likeness (QED) is 0.800. The van der Waals surface area contributed by atoms with Gasteiger partial charge in [-0.15, -0.1) is 0 Å². The summed E-state index contributed by atoms with van der Waals surface area (Å²) < 4.78 is 5.09. The zero-order valence-corrected chi connectivity index (χ0v) is 11.1. The molecule has 0 N–H and O–H groups in total. The number of rotatable bonds is 5. The summed E-state index contributed by atoms with van der Waals surface area (Å²) in [5.41, 5.74) is 1.21. The first-order valence-corrected chi connectivity index (χ1v) is 6.55. The number of methoxy groups -OCH3 is 1. The molecule has 0 saturated carbocycles. The van der Waals surface area contributed by atoms with Crippen molar-refractivity contribution in [3.8, 4) is 0 Å². The van der Waals surface area contributed by atoms with Crippen LogP contribution in [0.15, 0.2) is 30.3 Å². The Hall–Kier alpha value is -1.35. The Balaban J connectivity index is 1.99. The summed E-state index contributed by atoms with van der Waals surface area (Å²) in [5, 5.41) is 0. The molecule has 0 aliphatic carbocycles. The molecule has 0 spiro atoms. The van der Waals surface area contributed by atoms with Gasteiger partial charge in [0, 0.05) is 26.7 Å². The molecule has 3 nitrogen and oxygen atoms in total. The van der Waals surface area contributed by atoms with Crippen molar-refractivity contribution in [2.24, 2.45) is 5.92 Å². The van der Waals surface area contributed by atoms with E-state index in [1.54, 1.807) is 7.11 Å². The predicted molar refractivity (Wildman–Crippen MR) is 71.2 cm³/mol. The smallest absolute Gasteiger partial charge is 0.223 e. The van der Waals surface area contributed by atoms with E-state index >= 15 is 0 Å². The average Bonchev–Trinajstić information content (AvgIpc) is 2.78. The van der Waals surface area contributed by atoms with E-state index in [2.05, 4.69) is 19.1 Å². The zero-order valence-electron chi connectivity index (χ0n) is 11.1. The van der Waals surface area contributed by atoms with Gasteiger partial charge in [0.2, 0.25) is 5.91 Å². The zero-order chi connectivity index (χ0) is 13.0. The highest BCUT2D eigenvalue weighted by Gasteiger charge is 2.32. The first-order valence-electron chi connectivity index (χ1n) is 6.55. The van der Waals surface area contributed by atoms with Gasteiger partial charge in [0.1, 0.15) is 0 Å². The predicted octanol–water partition coefficient (Wildman–Crippen LogP) is 2.63. The summed E-state index contributed by atoms with van der Waals surface area (Å²) >= 11 is 0. The number of hydrogen-bond donors (Lipinski definition) is 0. The van der Waals surface area contributed by atoms with E-state index in [4.69, 9.17) is 4.74 Å². The third-order valence-corrected chi connectivity index (χ3v) is 3.72. The topological polar surface area (TPSA) is 29.5 Å². The molecule has 98 valence electrons. The fourth-order valence-corrected chi connectivity index (χ4v) is 2.57. The van der Waals surface area contributed by atoms with E-state index in [1.807, 2.05) is 23.1 Å². The molecule has 2 rings (SSSR count). The van der Waals surface area contributed by atoms with Gasteiger partial charge in [-0.3, -0.25) is 4.79 Å². The van der Waals surface area contributed by atoms with Crippen molar-refractivity contribution in [1.82, 2.24) is 4.90 Å². The van der Waals surface area contributed by atoms with Crippen LogP contribution in [-0.2, 0) is 9.53 Å². The minimum absolute atomic E-state index is 0.172. The molecule has 2 atom stereocenters. The number of likely N-dealkylation sites (tertiary alicyclic amines) is 1. The summed E-state index contributed by atoms with van der Waals surface area (Å²) in [7, 11) is 1.71. The Bertz CT molecular complexity index is 391. The van der Waals surface area contributed by atoms with Crippen LogP contribution in [-0.4, -0.2) is 31.1 Å². The first-order chi connectivity index (χ1) is 8.72. The number of amides is 1. The van der Waals surface area contributed by atoms with Crippen LogP contribution in [0.4, 0.5) is 0 Å². The monoisotopic (exact) mass is 247 g/mol. The van der Waals surface area contributed by atoms with Gasteiger partial charge in [0.15, 0.2) is 0 Å². The number of nitrogens with zero attached hydrogens (tertiary/aromatic N) is 1. The molecule has 1 amide bonds. The van der Waals surface area contributed by atoms with E-state index in [0.717, 1.165) is 19.6 Å². The Morgan fingerprint density at radius 1 is 1.39 bits per heavy atom. The third kappa shape index (κ3) is 2.91. The van der Waals surface area contributed by atoms with E-state index in [9.17, 15) is 4.79 Å². The van der Waals surface area contributed by atoms with E-state index < -0.39 is 0 Å². The van der Waals surface area contributed by atoms with E-state index in [0.29, 0.717) is 12.3 Å². The van der Waals surface area contributed by atoms with E-state index in [-0.39, 0.29) is 11.9 Å². The molecule has 1 aromatic rings. The fraction of sp³-hybridized carbons (Fsp3) is 0.533. The van der Waals surface area contributed by atoms with Crippen LogP contribution < -0.4 is 0 Å².